The number of carbonyl (C=O) groups excluding carboxylic acids is 2. The van der Waals surface area contributed by atoms with E-state index >= 15 is 0 Å². The standard InChI is InChI=1S/C21H25Cl2N3O4S/c1-14-5-7-16(8-6-14)12-25(15(2)21(28)24-3)20(27)13-26(31(4,29)30)19-10-17(22)9-18(23)11-19/h5-11,15H,12-13H2,1-4H3,(H,24,28)/t15-/m1/s1. The summed E-state index contributed by atoms with van der Waals surface area (Å²) in [7, 11) is -2.37. The lowest BCUT2D eigenvalue weighted by Crippen LogP contribution is -2.50. The Morgan fingerprint density at radius 3 is 2.10 bits per heavy atom. The van der Waals surface area contributed by atoms with Gasteiger partial charge in [0.15, 0.2) is 0 Å². The minimum atomic E-state index is -3.84. The highest BCUT2D eigenvalue weighted by Gasteiger charge is 2.29. The Balaban J connectivity index is 2.40. The number of rotatable bonds is 8. The van der Waals surface area contributed by atoms with E-state index in [-0.39, 0.29) is 28.2 Å². The number of likely N-dealkylation sites (N-methyl/N-ethyl adjacent to an activating group) is 1. The van der Waals surface area contributed by atoms with Crippen LogP contribution in [0.15, 0.2) is 42.5 Å². The summed E-state index contributed by atoms with van der Waals surface area (Å²) in [4.78, 5) is 26.9. The molecule has 0 saturated heterocycles. The fraction of sp³-hybridized carbons (Fsp3) is 0.333. The minimum Gasteiger partial charge on any atom is -0.357 e. The maximum atomic E-state index is 13.3. The number of nitrogens with zero attached hydrogens (tertiary/aromatic N) is 2. The lowest BCUT2D eigenvalue weighted by molar-refractivity contribution is -0.139. The van der Waals surface area contributed by atoms with E-state index in [2.05, 4.69) is 5.32 Å². The van der Waals surface area contributed by atoms with Gasteiger partial charge in [0, 0.05) is 23.6 Å². The number of hydrogen-bond donors (Lipinski definition) is 1. The van der Waals surface area contributed by atoms with Crippen molar-refractivity contribution < 1.29 is 18.0 Å². The van der Waals surface area contributed by atoms with Gasteiger partial charge in [-0.1, -0.05) is 53.0 Å². The van der Waals surface area contributed by atoms with Crippen molar-refractivity contribution in [2.24, 2.45) is 0 Å². The Labute approximate surface area is 193 Å². The van der Waals surface area contributed by atoms with E-state index in [9.17, 15) is 18.0 Å². The number of carbonyl (C=O) groups is 2. The summed E-state index contributed by atoms with van der Waals surface area (Å²) < 4.78 is 25.8. The first kappa shape index (κ1) is 25.0. The highest BCUT2D eigenvalue weighted by atomic mass is 35.5. The molecule has 2 amide bonds. The molecule has 2 rings (SSSR count). The van der Waals surface area contributed by atoms with Crippen molar-refractivity contribution in [1.29, 1.82) is 0 Å². The van der Waals surface area contributed by atoms with E-state index in [0.717, 1.165) is 21.7 Å². The Morgan fingerprint density at radius 2 is 1.61 bits per heavy atom. The van der Waals surface area contributed by atoms with Crippen LogP contribution in [0.1, 0.15) is 18.1 Å². The maximum absolute atomic E-state index is 13.3. The fourth-order valence-electron chi connectivity index (χ4n) is 2.98. The third-order valence-corrected chi connectivity index (χ3v) is 6.28. The summed E-state index contributed by atoms with van der Waals surface area (Å²) in [5.74, 6) is -0.907. The van der Waals surface area contributed by atoms with E-state index in [1.807, 2.05) is 31.2 Å². The van der Waals surface area contributed by atoms with E-state index in [1.165, 1.54) is 30.1 Å². The first-order valence-corrected chi connectivity index (χ1v) is 12.0. The number of hydrogen-bond acceptors (Lipinski definition) is 4. The van der Waals surface area contributed by atoms with Gasteiger partial charge in [-0.15, -0.1) is 0 Å². The lowest BCUT2D eigenvalue weighted by atomic mass is 10.1. The molecule has 10 heteroatoms. The van der Waals surface area contributed by atoms with Crippen molar-refractivity contribution in [3.63, 3.8) is 0 Å². The normalized spacial score (nSPS) is 12.2. The monoisotopic (exact) mass is 485 g/mol. The molecule has 0 bridgehead atoms. The van der Waals surface area contributed by atoms with Crippen molar-refractivity contribution in [1.82, 2.24) is 10.2 Å². The summed E-state index contributed by atoms with van der Waals surface area (Å²) in [5.41, 5.74) is 2.03. The van der Waals surface area contributed by atoms with Gasteiger partial charge in [0.25, 0.3) is 0 Å². The molecular weight excluding hydrogens is 461 g/mol. The molecule has 0 unspecified atom stereocenters. The van der Waals surface area contributed by atoms with Crippen LogP contribution in [0.3, 0.4) is 0 Å². The van der Waals surface area contributed by atoms with Crippen molar-refractivity contribution in [2.75, 3.05) is 24.2 Å². The van der Waals surface area contributed by atoms with Crippen molar-refractivity contribution in [3.05, 3.63) is 63.6 Å². The summed E-state index contributed by atoms with van der Waals surface area (Å²) in [6.07, 6.45) is 0.988. The van der Waals surface area contributed by atoms with E-state index in [1.54, 1.807) is 6.92 Å². The first-order valence-electron chi connectivity index (χ1n) is 9.42. The number of amides is 2. The van der Waals surface area contributed by atoms with Gasteiger partial charge >= 0.3 is 0 Å². The van der Waals surface area contributed by atoms with Crippen LogP contribution in [0.2, 0.25) is 10.0 Å². The molecule has 168 valence electrons. The number of nitrogens with one attached hydrogen (secondary N) is 1. The largest absolute Gasteiger partial charge is 0.357 e. The molecule has 2 aromatic carbocycles. The van der Waals surface area contributed by atoms with Gasteiger partial charge in [-0.05, 0) is 37.6 Å². The van der Waals surface area contributed by atoms with Crippen LogP contribution < -0.4 is 9.62 Å². The van der Waals surface area contributed by atoms with Crippen LogP contribution in [0.4, 0.5) is 5.69 Å². The van der Waals surface area contributed by atoms with E-state index in [4.69, 9.17) is 23.2 Å². The number of benzene rings is 2. The zero-order chi connectivity index (χ0) is 23.3. The molecule has 0 radical (unpaired) electrons. The van der Waals surface area contributed by atoms with Crippen LogP contribution in [0.5, 0.6) is 0 Å². The zero-order valence-electron chi connectivity index (χ0n) is 17.7. The molecule has 0 aliphatic carbocycles. The smallest absolute Gasteiger partial charge is 0.244 e. The molecule has 0 spiro atoms. The Bertz CT molecular complexity index is 1040. The van der Waals surface area contributed by atoms with Crippen LogP contribution in [-0.2, 0) is 26.2 Å². The molecule has 0 fully saturated rings. The van der Waals surface area contributed by atoms with Gasteiger partial charge in [0.05, 0.1) is 11.9 Å². The highest BCUT2D eigenvalue weighted by molar-refractivity contribution is 7.92. The second-order valence-corrected chi connectivity index (χ2v) is 9.97. The summed E-state index contributed by atoms with van der Waals surface area (Å²) in [6, 6.07) is 11.0. The molecule has 0 aromatic heterocycles. The van der Waals surface area contributed by atoms with Gasteiger partial charge < -0.3 is 10.2 Å². The van der Waals surface area contributed by atoms with Gasteiger partial charge in [-0.3, -0.25) is 13.9 Å². The van der Waals surface area contributed by atoms with Crippen LogP contribution in [-0.4, -0.2) is 51.0 Å². The molecule has 31 heavy (non-hydrogen) atoms. The lowest BCUT2D eigenvalue weighted by Gasteiger charge is -2.31. The topological polar surface area (TPSA) is 86.8 Å². The minimum absolute atomic E-state index is 0.140. The predicted octanol–water partition coefficient (Wildman–Crippen LogP) is 3.23. The second-order valence-electron chi connectivity index (χ2n) is 7.19. The average molecular weight is 486 g/mol. The molecular formula is C21H25Cl2N3O4S. The number of anilines is 1. The predicted molar refractivity (Wildman–Crippen MR) is 124 cm³/mol. The third-order valence-electron chi connectivity index (χ3n) is 4.70. The van der Waals surface area contributed by atoms with Crippen molar-refractivity contribution >= 4 is 50.7 Å². The Kier molecular flexibility index (Phi) is 8.34. The van der Waals surface area contributed by atoms with Crippen LogP contribution in [0, 0.1) is 6.92 Å². The molecule has 2 aromatic rings. The molecule has 0 aliphatic rings. The quantitative estimate of drug-likeness (QED) is 0.621. The van der Waals surface area contributed by atoms with E-state index in [0.29, 0.717) is 0 Å². The van der Waals surface area contributed by atoms with Crippen LogP contribution >= 0.6 is 23.2 Å². The third kappa shape index (κ3) is 6.85. The Hall–Kier alpha value is -2.29. The summed E-state index contributed by atoms with van der Waals surface area (Å²) >= 11 is 12.0. The molecule has 0 aliphatic heterocycles. The van der Waals surface area contributed by atoms with Gasteiger partial charge in [0.1, 0.15) is 12.6 Å². The SMILES string of the molecule is CNC(=O)[C@@H](C)N(Cc1ccc(C)cc1)C(=O)CN(c1cc(Cl)cc(Cl)c1)S(C)(=O)=O. The van der Waals surface area contributed by atoms with Gasteiger partial charge in [0.2, 0.25) is 21.8 Å². The van der Waals surface area contributed by atoms with E-state index < -0.39 is 28.5 Å². The number of halogens is 2. The number of sulfonamides is 1. The van der Waals surface area contributed by atoms with Gasteiger partial charge in [-0.25, -0.2) is 8.42 Å². The first-order chi connectivity index (χ1) is 14.4. The fourth-order valence-corrected chi connectivity index (χ4v) is 4.33. The second kappa shape index (κ2) is 10.3. The summed E-state index contributed by atoms with van der Waals surface area (Å²) in [5, 5.41) is 3.00. The summed E-state index contributed by atoms with van der Waals surface area (Å²) in [6.45, 7) is 3.16. The maximum Gasteiger partial charge on any atom is 0.244 e. The Morgan fingerprint density at radius 1 is 1.06 bits per heavy atom. The van der Waals surface area contributed by atoms with Crippen molar-refractivity contribution in [2.45, 2.75) is 26.4 Å². The van der Waals surface area contributed by atoms with Gasteiger partial charge in [-0.2, -0.15) is 0 Å². The molecule has 0 heterocycles. The highest BCUT2D eigenvalue weighted by Crippen LogP contribution is 2.27. The average Bonchev–Trinajstić information content (AvgIpc) is 2.68. The molecule has 0 saturated carbocycles. The van der Waals surface area contributed by atoms with Crippen LogP contribution in [0.25, 0.3) is 0 Å². The molecule has 7 nitrogen and oxygen atoms in total. The molecule has 1 N–H and O–H groups in total. The number of aryl methyl sites for hydroxylation is 1. The zero-order valence-corrected chi connectivity index (χ0v) is 20.1. The molecule has 1 atom stereocenters. The van der Waals surface area contributed by atoms with Crippen molar-refractivity contribution in [3.8, 4) is 0 Å².